The number of carbonyl (C=O) groups is 2. The molecule has 0 fully saturated rings. The first kappa shape index (κ1) is 12.1. The molecular weight excluding hydrogens is 192 g/mol. The summed E-state index contributed by atoms with van der Waals surface area (Å²) in [4.78, 5) is 23.0. The highest BCUT2D eigenvalue weighted by Crippen LogP contribution is 2.16. The molecule has 0 aliphatic heterocycles. The fourth-order valence-corrected chi connectivity index (χ4v) is 1.76. The Morgan fingerprint density at radius 3 is 2.67 bits per heavy atom. The van der Waals surface area contributed by atoms with E-state index in [0.29, 0.717) is 31.3 Å². The predicted molar refractivity (Wildman–Crippen MR) is 57.5 cm³/mol. The van der Waals surface area contributed by atoms with Crippen LogP contribution in [0.1, 0.15) is 45.4 Å². The average Bonchev–Trinajstić information content (AvgIpc) is 2.26. The molecule has 0 spiro atoms. The fourth-order valence-electron chi connectivity index (χ4n) is 1.76. The van der Waals surface area contributed by atoms with Gasteiger partial charge in [0.25, 0.3) is 0 Å². The van der Waals surface area contributed by atoms with Crippen molar-refractivity contribution >= 4 is 11.6 Å². The van der Waals surface area contributed by atoms with Crippen molar-refractivity contribution in [3.63, 3.8) is 0 Å². The summed E-state index contributed by atoms with van der Waals surface area (Å²) in [7, 11) is 0. The second-order valence-corrected chi connectivity index (χ2v) is 3.98. The SMILES string of the molecule is CCC/C1=C\[C@H](O)C(=O)CCCCC1=O. The lowest BCUT2D eigenvalue weighted by Crippen LogP contribution is -2.18. The van der Waals surface area contributed by atoms with E-state index in [-0.39, 0.29) is 11.6 Å². The van der Waals surface area contributed by atoms with Gasteiger partial charge in [-0.2, -0.15) is 0 Å². The molecule has 0 aromatic heterocycles. The number of ketones is 2. The van der Waals surface area contributed by atoms with Crippen LogP contribution in [0.15, 0.2) is 11.6 Å². The van der Waals surface area contributed by atoms with E-state index in [0.717, 1.165) is 12.8 Å². The standard InChI is InChI=1S/C12H18O3/c1-2-5-9-8-12(15)11(14)7-4-3-6-10(9)13/h8,12,15H,2-7H2,1H3/b9-8+/t12-/m0/s1. The van der Waals surface area contributed by atoms with E-state index in [9.17, 15) is 14.7 Å². The number of aliphatic hydroxyl groups is 1. The van der Waals surface area contributed by atoms with Gasteiger partial charge < -0.3 is 5.11 Å². The van der Waals surface area contributed by atoms with Crippen molar-refractivity contribution in [1.82, 2.24) is 0 Å². The van der Waals surface area contributed by atoms with Gasteiger partial charge in [0.15, 0.2) is 11.6 Å². The molecule has 0 radical (unpaired) electrons. The van der Waals surface area contributed by atoms with Crippen LogP contribution < -0.4 is 0 Å². The van der Waals surface area contributed by atoms with Gasteiger partial charge >= 0.3 is 0 Å². The Morgan fingerprint density at radius 2 is 2.00 bits per heavy atom. The normalized spacial score (nSPS) is 27.6. The van der Waals surface area contributed by atoms with E-state index in [1.165, 1.54) is 6.08 Å². The molecule has 3 heteroatoms. The first-order valence-corrected chi connectivity index (χ1v) is 5.59. The summed E-state index contributed by atoms with van der Waals surface area (Å²) in [5.41, 5.74) is 0.625. The molecule has 1 rings (SSSR count). The summed E-state index contributed by atoms with van der Waals surface area (Å²) in [5, 5.41) is 9.54. The lowest BCUT2D eigenvalue weighted by molar-refractivity contribution is -0.125. The van der Waals surface area contributed by atoms with Crippen LogP contribution >= 0.6 is 0 Å². The number of aliphatic hydroxyl groups excluding tert-OH is 1. The van der Waals surface area contributed by atoms with Crippen molar-refractivity contribution in [3.8, 4) is 0 Å². The van der Waals surface area contributed by atoms with Gasteiger partial charge in [0.05, 0.1) is 0 Å². The number of hydrogen-bond acceptors (Lipinski definition) is 3. The quantitative estimate of drug-likeness (QED) is 0.756. The van der Waals surface area contributed by atoms with Crippen LogP contribution in [-0.4, -0.2) is 22.8 Å². The first-order valence-electron chi connectivity index (χ1n) is 5.59. The predicted octanol–water partition coefficient (Wildman–Crippen LogP) is 1.79. The van der Waals surface area contributed by atoms with Crippen LogP contribution in [0, 0.1) is 0 Å². The highest BCUT2D eigenvalue weighted by molar-refractivity contribution is 5.97. The smallest absolute Gasteiger partial charge is 0.165 e. The molecule has 1 N–H and O–H groups in total. The summed E-state index contributed by atoms with van der Waals surface area (Å²) in [6, 6.07) is 0. The van der Waals surface area contributed by atoms with Gasteiger partial charge in [-0.15, -0.1) is 0 Å². The van der Waals surface area contributed by atoms with Crippen LogP contribution in [-0.2, 0) is 9.59 Å². The second-order valence-electron chi connectivity index (χ2n) is 3.98. The molecule has 3 nitrogen and oxygen atoms in total. The summed E-state index contributed by atoms with van der Waals surface area (Å²) < 4.78 is 0. The van der Waals surface area contributed by atoms with Gasteiger partial charge in [-0.1, -0.05) is 13.3 Å². The number of rotatable bonds is 2. The number of Topliss-reactive ketones (excluding diaryl/α,β-unsaturated/α-hetero) is 2. The molecular formula is C12H18O3. The molecule has 84 valence electrons. The Bertz CT molecular complexity index is 279. The van der Waals surface area contributed by atoms with Gasteiger partial charge in [-0.05, 0) is 30.9 Å². The molecule has 0 heterocycles. The van der Waals surface area contributed by atoms with E-state index in [2.05, 4.69) is 0 Å². The zero-order valence-electron chi connectivity index (χ0n) is 9.16. The van der Waals surface area contributed by atoms with Crippen molar-refractivity contribution < 1.29 is 14.7 Å². The Labute approximate surface area is 90.2 Å². The van der Waals surface area contributed by atoms with Crippen LogP contribution in [0.3, 0.4) is 0 Å². The largest absolute Gasteiger partial charge is 0.381 e. The zero-order valence-corrected chi connectivity index (χ0v) is 9.16. The maximum atomic E-state index is 11.7. The molecule has 1 aliphatic carbocycles. The lowest BCUT2D eigenvalue weighted by atomic mass is 10.0. The molecule has 0 amide bonds. The van der Waals surface area contributed by atoms with Crippen LogP contribution in [0.25, 0.3) is 0 Å². The Kier molecular flexibility index (Phi) is 4.69. The highest BCUT2D eigenvalue weighted by Gasteiger charge is 2.18. The number of allylic oxidation sites excluding steroid dienone is 1. The summed E-state index contributed by atoms with van der Waals surface area (Å²) >= 11 is 0. The molecule has 15 heavy (non-hydrogen) atoms. The van der Waals surface area contributed by atoms with Crippen LogP contribution in [0.2, 0.25) is 0 Å². The zero-order chi connectivity index (χ0) is 11.3. The van der Waals surface area contributed by atoms with E-state index in [1.54, 1.807) is 0 Å². The third-order valence-electron chi connectivity index (χ3n) is 2.64. The maximum absolute atomic E-state index is 11.7. The van der Waals surface area contributed by atoms with E-state index >= 15 is 0 Å². The van der Waals surface area contributed by atoms with Gasteiger partial charge in [0, 0.05) is 12.8 Å². The number of hydrogen-bond donors (Lipinski definition) is 1. The van der Waals surface area contributed by atoms with E-state index in [1.807, 2.05) is 6.92 Å². The highest BCUT2D eigenvalue weighted by atomic mass is 16.3. The molecule has 1 aliphatic rings. The maximum Gasteiger partial charge on any atom is 0.165 e. The Morgan fingerprint density at radius 1 is 1.33 bits per heavy atom. The van der Waals surface area contributed by atoms with Crippen molar-refractivity contribution in [1.29, 1.82) is 0 Å². The van der Waals surface area contributed by atoms with Crippen LogP contribution in [0.4, 0.5) is 0 Å². The minimum Gasteiger partial charge on any atom is -0.381 e. The summed E-state index contributed by atoms with van der Waals surface area (Å²) in [5.74, 6) is -0.0797. The molecule has 0 unspecified atom stereocenters. The van der Waals surface area contributed by atoms with Gasteiger partial charge in [0.1, 0.15) is 6.10 Å². The Balaban J connectivity index is 2.83. The monoisotopic (exact) mass is 210 g/mol. The second kappa shape index (κ2) is 5.81. The fraction of sp³-hybridized carbons (Fsp3) is 0.667. The van der Waals surface area contributed by atoms with Crippen molar-refractivity contribution in [2.75, 3.05) is 0 Å². The molecule has 1 atom stereocenters. The molecule has 0 aromatic carbocycles. The van der Waals surface area contributed by atoms with Crippen molar-refractivity contribution in [2.45, 2.75) is 51.6 Å². The van der Waals surface area contributed by atoms with Crippen molar-refractivity contribution in [3.05, 3.63) is 11.6 Å². The first-order chi connectivity index (χ1) is 7.15. The average molecular weight is 210 g/mol. The lowest BCUT2D eigenvalue weighted by Gasteiger charge is -2.06. The topological polar surface area (TPSA) is 54.4 Å². The van der Waals surface area contributed by atoms with Crippen LogP contribution in [0.5, 0.6) is 0 Å². The van der Waals surface area contributed by atoms with E-state index in [4.69, 9.17) is 0 Å². The molecule has 0 aromatic rings. The third kappa shape index (κ3) is 3.59. The third-order valence-corrected chi connectivity index (χ3v) is 2.64. The molecule has 0 saturated heterocycles. The summed E-state index contributed by atoms with van der Waals surface area (Å²) in [6.07, 6.45) is 4.22. The minimum atomic E-state index is -1.08. The molecule has 0 bridgehead atoms. The molecule has 0 saturated carbocycles. The van der Waals surface area contributed by atoms with Gasteiger partial charge in [-0.3, -0.25) is 9.59 Å². The van der Waals surface area contributed by atoms with Crippen molar-refractivity contribution in [2.24, 2.45) is 0 Å². The van der Waals surface area contributed by atoms with Gasteiger partial charge in [0.2, 0.25) is 0 Å². The van der Waals surface area contributed by atoms with E-state index < -0.39 is 6.10 Å². The minimum absolute atomic E-state index is 0.0885. The Hall–Kier alpha value is -0.960. The summed E-state index contributed by atoms with van der Waals surface area (Å²) in [6.45, 7) is 1.98. The van der Waals surface area contributed by atoms with Gasteiger partial charge in [-0.25, -0.2) is 0 Å². The number of carbonyl (C=O) groups excluding carboxylic acids is 2.